The van der Waals surface area contributed by atoms with Crippen LogP contribution >= 0.6 is 23.2 Å². The maximum Gasteiger partial charge on any atom is 0.265 e. The monoisotopic (exact) mass is 743 g/mol. The molecule has 0 aromatic heterocycles. The fraction of sp³-hybridized carbons (Fsp3) is 0.278. The Morgan fingerprint density at radius 3 is 2.06 bits per heavy atom. The number of methoxy groups -OCH3 is 4. The molecule has 50 heavy (non-hydrogen) atoms. The second kappa shape index (κ2) is 17.3. The van der Waals surface area contributed by atoms with Crippen molar-refractivity contribution < 1.29 is 37.0 Å². The number of likely N-dealkylation sites (N-methyl/N-ethyl adjacent to an activating group) is 1. The summed E-state index contributed by atoms with van der Waals surface area (Å²) < 4.78 is 51.9. The number of amides is 2. The van der Waals surface area contributed by atoms with Crippen LogP contribution in [0, 0.1) is 0 Å². The lowest BCUT2D eigenvalue weighted by atomic mass is 10.0. The molecule has 266 valence electrons. The number of nitrogens with zero attached hydrogens (tertiary/aromatic N) is 2. The maximum atomic E-state index is 14.7. The predicted molar refractivity (Wildman–Crippen MR) is 193 cm³/mol. The van der Waals surface area contributed by atoms with E-state index in [1.54, 1.807) is 31.2 Å². The van der Waals surface area contributed by atoms with Gasteiger partial charge in [0.15, 0.2) is 11.5 Å². The minimum absolute atomic E-state index is 0.0297. The third-order valence-electron chi connectivity index (χ3n) is 7.84. The lowest BCUT2D eigenvalue weighted by Crippen LogP contribution is -2.53. The molecule has 1 N–H and O–H groups in total. The summed E-state index contributed by atoms with van der Waals surface area (Å²) in [5.74, 6) is -0.152. The summed E-state index contributed by atoms with van der Waals surface area (Å²) in [6.07, 6.45) is 0.143. The molecule has 0 radical (unpaired) electrons. The van der Waals surface area contributed by atoms with Crippen LogP contribution in [0.15, 0.2) is 89.8 Å². The van der Waals surface area contributed by atoms with E-state index in [2.05, 4.69) is 5.32 Å². The molecular weight excluding hydrogens is 705 g/mol. The second-order valence-corrected chi connectivity index (χ2v) is 13.6. The Bertz CT molecular complexity index is 1910. The van der Waals surface area contributed by atoms with E-state index in [4.69, 9.17) is 42.1 Å². The molecule has 11 nitrogen and oxygen atoms in total. The van der Waals surface area contributed by atoms with Gasteiger partial charge in [0.05, 0.1) is 49.1 Å². The van der Waals surface area contributed by atoms with E-state index in [1.807, 2.05) is 30.3 Å². The number of anilines is 1. The number of hydrogen-bond acceptors (Lipinski definition) is 8. The van der Waals surface area contributed by atoms with Gasteiger partial charge in [0.1, 0.15) is 24.1 Å². The number of nitrogens with one attached hydrogen (secondary N) is 1. The van der Waals surface area contributed by atoms with Crippen LogP contribution in [0.4, 0.5) is 5.69 Å². The van der Waals surface area contributed by atoms with Gasteiger partial charge in [-0.3, -0.25) is 13.9 Å². The molecule has 2 amide bonds. The molecule has 0 spiro atoms. The topological polar surface area (TPSA) is 124 Å². The van der Waals surface area contributed by atoms with Crippen molar-refractivity contribution in [2.75, 3.05) is 45.8 Å². The Balaban J connectivity index is 1.90. The average Bonchev–Trinajstić information content (AvgIpc) is 3.13. The highest BCUT2D eigenvalue weighted by Crippen LogP contribution is 2.38. The van der Waals surface area contributed by atoms with Crippen LogP contribution in [-0.2, 0) is 32.6 Å². The Labute approximate surface area is 302 Å². The number of benzene rings is 4. The largest absolute Gasteiger partial charge is 0.497 e. The van der Waals surface area contributed by atoms with E-state index >= 15 is 0 Å². The molecule has 0 heterocycles. The van der Waals surface area contributed by atoms with Gasteiger partial charge in [0, 0.05) is 31.6 Å². The number of rotatable bonds is 16. The molecule has 0 fully saturated rings. The zero-order chi connectivity index (χ0) is 36.4. The van der Waals surface area contributed by atoms with Gasteiger partial charge in [-0.1, -0.05) is 59.6 Å². The highest BCUT2D eigenvalue weighted by atomic mass is 35.5. The third kappa shape index (κ3) is 8.92. The van der Waals surface area contributed by atoms with Gasteiger partial charge in [-0.2, -0.15) is 0 Å². The van der Waals surface area contributed by atoms with Crippen molar-refractivity contribution in [3.63, 3.8) is 0 Å². The van der Waals surface area contributed by atoms with E-state index in [1.165, 1.54) is 63.7 Å². The number of hydrogen-bond donors (Lipinski definition) is 1. The molecule has 0 aliphatic heterocycles. The first-order chi connectivity index (χ1) is 24.0. The fourth-order valence-corrected chi connectivity index (χ4v) is 7.04. The summed E-state index contributed by atoms with van der Waals surface area (Å²) in [6.45, 7) is 1.25. The van der Waals surface area contributed by atoms with Crippen LogP contribution in [0.25, 0.3) is 0 Å². The zero-order valence-corrected chi connectivity index (χ0v) is 30.6. The van der Waals surface area contributed by atoms with Gasteiger partial charge in [-0.15, -0.1) is 0 Å². The van der Waals surface area contributed by atoms with E-state index in [0.717, 1.165) is 9.87 Å². The fourth-order valence-electron chi connectivity index (χ4n) is 5.29. The molecule has 4 aromatic rings. The van der Waals surface area contributed by atoms with Gasteiger partial charge < -0.3 is 29.2 Å². The summed E-state index contributed by atoms with van der Waals surface area (Å²) >= 11 is 12.5. The quantitative estimate of drug-likeness (QED) is 0.148. The van der Waals surface area contributed by atoms with Crippen LogP contribution in [0.1, 0.15) is 18.1 Å². The van der Waals surface area contributed by atoms with Crippen molar-refractivity contribution >= 4 is 50.7 Å². The average molecular weight is 745 g/mol. The summed E-state index contributed by atoms with van der Waals surface area (Å²) in [5, 5.41) is 3.40. The minimum atomic E-state index is -4.52. The smallest absolute Gasteiger partial charge is 0.265 e. The number of halogens is 2. The van der Waals surface area contributed by atoms with Gasteiger partial charge in [-0.05, 0) is 54.4 Å². The summed E-state index contributed by atoms with van der Waals surface area (Å²) in [6, 6.07) is 21.8. The standard InChI is InChI=1S/C36H39Cl2N3O8S/c1-6-39-36(43)31(19-24-10-8-7-9-11-24)40(22-25-12-15-28(37)29(38)18-25)35(42)23-41(30-20-26(46-2)13-16-32(30)47-3)50(44,45)27-14-17-33(48-4)34(21-27)49-5/h7-18,20-21,31H,6,19,22-23H2,1-5H3,(H,39,43)/t31-/m0/s1. The van der Waals surface area contributed by atoms with Crippen molar-refractivity contribution in [1.82, 2.24) is 10.2 Å². The van der Waals surface area contributed by atoms with Gasteiger partial charge in [0.2, 0.25) is 11.8 Å². The Morgan fingerprint density at radius 2 is 1.44 bits per heavy atom. The first kappa shape index (κ1) is 38.2. The molecule has 1 atom stereocenters. The van der Waals surface area contributed by atoms with Crippen molar-refractivity contribution in [1.29, 1.82) is 0 Å². The summed E-state index contributed by atoms with van der Waals surface area (Å²) in [7, 11) is 1.11. The van der Waals surface area contributed by atoms with Crippen LogP contribution in [0.2, 0.25) is 10.0 Å². The number of sulfonamides is 1. The molecule has 0 saturated heterocycles. The number of carbonyl (C=O) groups is 2. The van der Waals surface area contributed by atoms with E-state index in [0.29, 0.717) is 28.6 Å². The molecule has 0 saturated carbocycles. The van der Waals surface area contributed by atoms with E-state index in [-0.39, 0.29) is 40.1 Å². The molecule has 4 rings (SSSR count). The molecule has 0 unspecified atom stereocenters. The molecule has 4 aromatic carbocycles. The molecule has 14 heteroatoms. The van der Waals surface area contributed by atoms with Crippen LogP contribution < -0.4 is 28.6 Å². The van der Waals surface area contributed by atoms with E-state index in [9.17, 15) is 18.0 Å². The minimum Gasteiger partial charge on any atom is -0.497 e. The van der Waals surface area contributed by atoms with Gasteiger partial charge in [-0.25, -0.2) is 8.42 Å². The Kier molecular flexibility index (Phi) is 13.2. The van der Waals surface area contributed by atoms with Crippen molar-refractivity contribution in [3.8, 4) is 23.0 Å². The SMILES string of the molecule is CCNC(=O)[C@H](Cc1ccccc1)N(Cc1ccc(Cl)c(Cl)c1)C(=O)CN(c1cc(OC)ccc1OC)S(=O)(=O)c1ccc(OC)c(OC)c1. The normalized spacial score (nSPS) is 11.7. The Hall–Kier alpha value is -4.65. The molecule has 0 aliphatic rings. The first-order valence-electron chi connectivity index (χ1n) is 15.5. The van der Waals surface area contributed by atoms with Crippen molar-refractivity contribution in [3.05, 3.63) is 106 Å². The van der Waals surface area contributed by atoms with Crippen molar-refractivity contribution in [2.24, 2.45) is 0 Å². The molecule has 0 aliphatic carbocycles. The number of carbonyl (C=O) groups excluding carboxylic acids is 2. The highest BCUT2D eigenvalue weighted by Gasteiger charge is 2.36. The lowest BCUT2D eigenvalue weighted by molar-refractivity contribution is -0.140. The van der Waals surface area contributed by atoms with Gasteiger partial charge in [0.25, 0.3) is 10.0 Å². The lowest BCUT2D eigenvalue weighted by Gasteiger charge is -2.34. The zero-order valence-electron chi connectivity index (χ0n) is 28.3. The third-order valence-corrected chi connectivity index (χ3v) is 10.3. The highest BCUT2D eigenvalue weighted by molar-refractivity contribution is 7.92. The predicted octanol–water partition coefficient (Wildman–Crippen LogP) is 6.00. The first-order valence-corrected chi connectivity index (χ1v) is 17.7. The molecular formula is C36H39Cl2N3O8S. The van der Waals surface area contributed by atoms with Gasteiger partial charge >= 0.3 is 0 Å². The second-order valence-electron chi connectivity index (χ2n) is 10.9. The molecule has 0 bridgehead atoms. The van der Waals surface area contributed by atoms with Crippen LogP contribution in [0.5, 0.6) is 23.0 Å². The van der Waals surface area contributed by atoms with Crippen molar-refractivity contribution in [2.45, 2.75) is 30.8 Å². The van der Waals surface area contributed by atoms with Crippen LogP contribution in [0.3, 0.4) is 0 Å². The van der Waals surface area contributed by atoms with E-state index < -0.39 is 34.4 Å². The van der Waals surface area contributed by atoms with Crippen LogP contribution in [-0.4, -0.2) is 72.7 Å². The summed E-state index contributed by atoms with van der Waals surface area (Å²) in [5.41, 5.74) is 1.39. The maximum absolute atomic E-state index is 14.7. The number of ether oxygens (including phenoxy) is 4. The summed E-state index contributed by atoms with van der Waals surface area (Å²) in [4.78, 5) is 29.7. The Morgan fingerprint density at radius 1 is 0.760 bits per heavy atom.